The topological polar surface area (TPSA) is 172 Å². The Labute approximate surface area is 270 Å². The number of urea groups is 1. The Morgan fingerprint density at radius 3 is 2.33 bits per heavy atom. The first-order valence-corrected chi connectivity index (χ1v) is 18.2. The van der Waals surface area contributed by atoms with Gasteiger partial charge in [0.15, 0.2) is 0 Å². The summed E-state index contributed by atoms with van der Waals surface area (Å²) in [6, 6.07) is -1.88. The molecular formula is C31H58N6O7S. The molecule has 14 heteroatoms. The number of nitrogens with one attached hydrogen (secondary N) is 3. The molecule has 0 aromatic carbocycles. The van der Waals surface area contributed by atoms with Gasteiger partial charge in [-0.25, -0.2) is 4.79 Å². The molecule has 3 fully saturated rings. The van der Waals surface area contributed by atoms with Gasteiger partial charge in [0.1, 0.15) is 11.8 Å². The van der Waals surface area contributed by atoms with E-state index in [0.29, 0.717) is 45.3 Å². The normalized spacial score (nSPS) is 26.9. The van der Waals surface area contributed by atoms with Gasteiger partial charge < -0.3 is 25.7 Å². The van der Waals surface area contributed by atoms with Crippen molar-refractivity contribution < 1.29 is 33.0 Å². The molecule has 0 bridgehead atoms. The lowest BCUT2D eigenvalue weighted by Gasteiger charge is -2.41. The summed E-state index contributed by atoms with van der Waals surface area (Å²) in [4.78, 5) is 39.9. The van der Waals surface area contributed by atoms with Gasteiger partial charge in [0.25, 0.3) is 10.2 Å². The van der Waals surface area contributed by atoms with Gasteiger partial charge in [-0.1, -0.05) is 59.8 Å². The van der Waals surface area contributed by atoms with Crippen LogP contribution in [0.5, 0.6) is 0 Å². The number of aliphatic hydroxyl groups excluding tert-OH is 1. The minimum atomic E-state index is -3.66. The number of amides is 3. The SMILES string of the molecule is CCCCCCCC1C[C@]1(N[C@H](O)[C@@H]1CCCN1C(=O)CNC(=O)NC(CN1CCCN(C(C)C)S1(=O)=O)C(C)(C)C)C(=O)O. The van der Waals surface area contributed by atoms with Crippen LogP contribution in [0.25, 0.3) is 0 Å². The number of unbranched alkanes of at least 4 members (excludes halogenated alkanes) is 4. The Morgan fingerprint density at radius 1 is 1.02 bits per heavy atom. The van der Waals surface area contributed by atoms with Crippen molar-refractivity contribution in [3.8, 4) is 0 Å². The minimum absolute atomic E-state index is 0.0497. The number of hydrogen-bond acceptors (Lipinski definition) is 7. The Kier molecular flexibility index (Phi) is 13.1. The van der Waals surface area contributed by atoms with Crippen LogP contribution in [0.15, 0.2) is 0 Å². The molecule has 45 heavy (non-hydrogen) atoms. The number of nitrogens with zero attached hydrogens (tertiary/aromatic N) is 3. The average Bonchev–Trinajstić information content (AvgIpc) is 3.41. The van der Waals surface area contributed by atoms with Crippen molar-refractivity contribution in [1.29, 1.82) is 0 Å². The van der Waals surface area contributed by atoms with Crippen LogP contribution < -0.4 is 16.0 Å². The van der Waals surface area contributed by atoms with E-state index in [9.17, 15) is 33.0 Å². The zero-order valence-electron chi connectivity index (χ0n) is 28.2. The van der Waals surface area contributed by atoms with Crippen molar-refractivity contribution in [3.05, 3.63) is 0 Å². The molecule has 5 atom stereocenters. The third-order valence-corrected chi connectivity index (χ3v) is 11.8. The van der Waals surface area contributed by atoms with Gasteiger partial charge in [0.05, 0.1) is 12.6 Å². The van der Waals surface area contributed by atoms with E-state index in [0.717, 1.165) is 32.1 Å². The van der Waals surface area contributed by atoms with Crippen molar-refractivity contribution in [2.24, 2.45) is 11.3 Å². The third-order valence-electron chi connectivity index (χ3n) is 9.65. The molecule has 3 aliphatic rings. The van der Waals surface area contributed by atoms with Crippen LogP contribution >= 0.6 is 0 Å². The highest BCUT2D eigenvalue weighted by Crippen LogP contribution is 2.48. The maximum atomic E-state index is 13.2. The fourth-order valence-corrected chi connectivity index (χ4v) is 8.55. The highest BCUT2D eigenvalue weighted by molar-refractivity contribution is 7.86. The lowest BCUT2D eigenvalue weighted by molar-refractivity contribution is -0.143. The molecule has 0 radical (unpaired) electrons. The average molecular weight is 659 g/mol. The fourth-order valence-electron chi connectivity index (χ4n) is 6.66. The van der Waals surface area contributed by atoms with E-state index in [4.69, 9.17) is 0 Å². The van der Waals surface area contributed by atoms with E-state index in [-0.39, 0.29) is 31.0 Å². The molecule has 3 amide bonds. The molecule has 5 N–H and O–H groups in total. The molecule has 1 aliphatic carbocycles. The number of carboxylic acid groups (broad SMARTS) is 1. The van der Waals surface area contributed by atoms with Crippen LogP contribution in [0.2, 0.25) is 0 Å². The predicted octanol–water partition coefficient (Wildman–Crippen LogP) is 2.46. The Morgan fingerprint density at radius 2 is 1.71 bits per heavy atom. The molecule has 3 rings (SSSR count). The summed E-state index contributed by atoms with van der Waals surface area (Å²) in [6.07, 6.45) is 7.40. The van der Waals surface area contributed by atoms with Crippen LogP contribution in [-0.4, -0.2) is 113 Å². The Bertz CT molecular complexity index is 1130. The number of aliphatic carboxylic acids is 1. The zero-order chi connectivity index (χ0) is 33.6. The first kappa shape index (κ1) is 37.5. The van der Waals surface area contributed by atoms with Crippen LogP contribution in [0, 0.1) is 11.3 Å². The summed E-state index contributed by atoms with van der Waals surface area (Å²) in [6.45, 7) is 12.6. The second-order valence-corrected chi connectivity index (χ2v) is 16.3. The fraction of sp³-hybridized carbons (Fsp3) is 0.903. The molecule has 2 saturated heterocycles. The summed E-state index contributed by atoms with van der Waals surface area (Å²) in [5.74, 6) is -1.40. The monoisotopic (exact) mass is 658 g/mol. The number of likely N-dealkylation sites (tertiary alicyclic amines) is 1. The summed E-state index contributed by atoms with van der Waals surface area (Å²) >= 11 is 0. The second kappa shape index (κ2) is 15.7. The number of hydrogen-bond donors (Lipinski definition) is 5. The van der Waals surface area contributed by atoms with Crippen LogP contribution in [0.1, 0.15) is 106 Å². The molecule has 0 aromatic rings. The summed E-state index contributed by atoms with van der Waals surface area (Å²) < 4.78 is 29.3. The smallest absolute Gasteiger partial charge is 0.324 e. The number of aliphatic hydroxyl groups is 1. The maximum absolute atomic E-state index is 13.2. The lowest BCUT2D eigenvalue weighted by atomic mass is 9.86. The van der Waals surface area contributed by atoms with Gasteiger partial charge in [0, 0.05) is 38.3 Å². The van der Waals surface area contributed by atoms with Gasteiger partial charge >= 0.3 is 12.0 Å². The first-order chi connectivity index (χ1) is 21.0. The molecule has 13 nitrogen and oxygen atoms in total. The number of carbonyl (C=O) groups is 3. The van der Waals surface area contributed by atoms with Crippen LogP contribution in [0.3, 0.4) is 0 Å². The van der Waals surface area contributed by atoms with E-state index in [2.05, 4.69) is 22.9 Å². The number of carbonyl (C=O) groups excluding carboxylic acids is 2. The van der Waals surface area contributed by atoms with Crippen molar-refractivity contribution in [2.45, 2.75) is 136 Å². The van der Waals surface area contributed by atoms with Gasteiger partial charge in [-0.2, -0.15) is 17.0 Å². The van der Waals surface area contributed by atoms with Gasteiger partial charge in [-0.3, -0.25) is 14.9 Å². The molecule has 0 spiro atoms. The Hall–Kier alpha value is -2.00. The molecule has 2 aliphatic heterocycles. The van der Waals surface area contributed by atoms with Crippen LogP contribution in [0.4, 0.5) is 4.79 Å². The molecule has 1 saturated carbocycles. The first-order valence-electron chi connectivity index (χ1n) is 16.8. The highest BCUT2D eigenvalue weighted by Gasteiger charge is 2.61. The standard InChI is InChI=1S/C31H58N6O7S/c1-7-8-9-10-11-14-23-19-31(23,28(40)41)34-27(39)24-15-12-17-36(24)26(38)20-32-29(42)33-25(30(4,5)6)21-35-16-13-18-37(22(2)3)45(35,43)44/h22-25,27,34,39H,7-21H2,1-6H3,(H,40,41)(H2,32,33,42)/t23?,24-,25?,27+,31+/m0/s1. The maximum Gasteiger partial charge on any atom is 0.324 e. The number of rotatable bonds is 16. The summed E-state index contributed by atoms with van der Waals surface area (Å²) in [5, 5.41) is 29.5. The highest BCUT2D eigenvalue weighted by atomic mass is 32.2. The van der Waals surface area contributed by atoms with Crippen molar-refractivity contribution in [2.75, 3.05) is 32.7 Å². The van der Waals surface area contributed by atoms with Crippen molar-refractivity contribution in [1.82, 2.24) is 29.5 Å². The zero-order valence-corrected chi connectivity index (χ0v) is 29.0. The van der Waals surface area contributed by atoms with E-state index >= 15 is 0 Å². The summed E-state index contributed by atoms with van der Waals surface area (Å²) in [7, 11) is -3.66. The van der Waals surface area contributed by atoms with E-state index in [1.54, 1.807) is 0 Å². The minimum Gasteiger partial charge on any atom is -0.480 e. The van der Waals surface area contributed by atoms with Gasteiger partial charge in [0.2, 0.25) is 5.91 Å². The Balaban J connectivity index is 1.54. The van der Waals surface area contributed by atoms with Gasteiger partial charge in [-0.15, -0.1) is 0 Å². The van der Waals surface area contributed by atoms with E-state index in [1.807, 2.05) is 34.6 Å². The molecule has 260 valence electrons. The number of carboxylic acids is 1. The van der Waals surface area contributed by atoms with E-state index in [1.165, 1.54) is 19.9 Å². The molecular weight excluding hydrogens is 600 g/mol. The van der Waals surface area contributed by atoms with Crippen molar-refractivity contribution in [3.63, 3.8) is 0 Å². The quantitative estimate of drug-likeness (QED) is 0.124. The molecule has 0 aromatic heterocycles. The lowest BCUT2D eigenvalue weighted by Crippen LogP contribution is -2.59. The third kappa shape index (κ3) is 9.52. The van der Waals surface area contributed by atoms with Crippen molar-refractivity contribution >= 4 is 28.1 Å². The van der Waals surface area contributed by atoms with Gasteiger partial charge in [-0.05, 0) is 57.3 Å². The predicted molar refractivity (Wildman–Crippen MR) is 172 cm³/mol. The second-order valence-electron chi connectivity index (χ2n) is 14.4. The largest absolute Gasteiger partial charge is 0.480 e. The van der Waals surface area contributed by atoms with E-state index < -0.39 is 51.5 Å². The molecule has 2 heterocycles. The van der Waals surface area contributed by atoms with Crippen LogP contribution in [-0.2, 0) is 19.8 Å². The molecule has 2 unspecified atom stereocenters. The summed E-state index contributed by atoms with van der Waals surface area (Å²) in [5.41, 5.74) is -1.64.